The zero-order valence-electron chi connectivity index (χ0n) is 15.1. The van der Waals surface area contributed by atoms with Gasteiger partial charge in [-0.2, -0.15) is 5.26 Å². The number of nitriles is 1. The first-order valence-corrected chi connectivity index (χ1v) is 8.61. The van der Waals surface area contributed by atoms with Crippen LogP contribution in [0.25, 0.3) is 12.2 Å². The van der Waals surface area contributed by atoms with Crippen molar-refractivity contribution in [2.75, 3.05) is 6.61 Å². The van der Waals surface area contributed by atoms with E-state index in [9.17, 15) is 0 Å². The molecule has 0 atom stereocenters. The van der Waals surface area contributed by atoms with Crippen LogP contribution in [0.2, 0.25) is 0 Å². The van der Waals surface area contributed by atoms with E-state index in [-0.39, 0.29) is 5.75 Å². The van der Waals surface area contributed by atoms with E-state index in [0.29, 0.717) is 0 Å². The van der Waals surface area contributed by atoms with Crippen molar-refractivity contribution in [2.45, 2.75) is 19.8 Å². The highest BCUT2D eigenvalue weighted by atomic mass is 16.5. The van der Waals surface area contributed by atoms with Gasteiger partial charge in [0.05, 0.1) is 18.9 Å². The Labute approximate surface area is 156 Å². The zero-order chi connectivity index (χ0) is 18.9. The minimum atomic E-state index is 0.254. The Bertz CT molecular complexity index is 723. The van der Waals surface area contributed by atoms with Crippen LogP contribution < -0.4 is 0 Å². The van der Waals surface area contributed by atoms with Gasteiger partial charge in [0.15, 0.2) is 0 Å². The number of nitrogens with zero attached hydrogens (tertiary/aromatic N) is 1. The maximum Gasteiger partial charge on any atom is 0.115 e. The molecule has 0 unspecified atom stereocenters. The first kappa shape index (κ1) is 20.8. The molecule has 0 radical (unpaired) electrons. The van der Waals surface area contributed by atoms with Gasteiger partial charge in [0.2, 0.25) is 0 Å². The maximum atomic E-state index is 8.99. The molecule has 134 valence electrons. The number of phenols is 1. The van der Waals surface area contributed by atoms with E-state index >= 15 is 0 Å². The van der Waals surface area contributed by atoms with E-state index in [0.717, 1.165) is 18.6 Å². The molecule has 1 N–H and O–H groups in total. The third-order valence-corrected chi connectivity index (χ3v) is 3.24. The van der Waals surface area contributed by atoms with Crippen LogP contribution in [0, 0.1) is 11.3 Å². The Hall–Kier alpha value is -3.25. The molecule has 0 saturated carbocycles. The smallest absolute Gasteiger partial charge is 0.115 e. The summed E-state index contributed by atoms with van der Waals surface area (Å²) < 4.78 is 5.30. The van der Waals surface area contributed by atoms with Crippen LogP contribution in [-0.2, 0) is 4.74 Å². The minimum Gasteiger partial charge on any atom is -0.508 e. The third-order valence-electron chi connectivity index (χ3n) is 3.24. The van der Waals surface area contributed by atoms with E-state index in [1.54, 1.807) is 42.7 Å². The van der Waals surface area contributed by atoms with Crippen LogP contribution in [0.1, 0.15) is 30.9 Å². The first-order valence-electron chi connectivity index (χ1n) is 8.61. The maximum absolute atomic E-state index is 8.99. The molecule has 2 aromatic carbocycles. The highest BCUT2D eigenvalue weighted by molar-refractivity contribution is 5.52. The summed E-state index contributed by atoms with van der Waals surface area (Å²) in [4.78, 5) is 0. The molecule has 2 rings (SSSR count). The van der Waals surface area contributed by atoms with Crippen molar-refractivity contribution in [1.29, 1.82) is 5.26 Å². The number of rotatable bonds is 7. The Morgan fingerprint density at radius 1 is 0.962 bits per heavy atom. The molecule has 0 bridgehead atoms. The Morgan fingerprint density at radius 3 is 2.31 bits per heavy atom. The predicted octanol–water partition coefficient (Wildman–Crippen LogP) is 5.96. The van der Waals surface area contributed by atoms with E-state index in [1.807, 2.05) is 36.4 Å². The average molecular weight is 347 g/mol. The molecule has 0 heterocycles. The summed E-state index contributed by atoms with van der Waals surface area (Å²) in [6.45, 7) is 2.98. The lowest BCUT2D eigenvalue weighted by Gasteiger charge is -1.97. The van der Waals surface area contributed by atoms with Crippen molar-refractivity contribution in [1.82, 2.24) is 0 Å². The molecule has 3 heteroatoms. The average Bonchev–Trinajstić information content (AvgIpc) is 2.68. The molecule has 0 aliphatic heterocycles. The quantitative estimate of drug-likeness (QED) is 0.291. The topological polar surface area (TPSA) is 53.2 Å². The molecule has 0 amide bonds. The van der Waals surface area contributed by atoms with Gasteiger partial charge in [-0.3, -0.25) is 0 Å². The predicted molar refractivity (Wildman–Crippen MR) is 108 cm³/mol. The normalized spacial score (nSPS) is 10.6. The molecular weight excluding hydrogens is 322 g/mol. The van der Waals surface area contributed by atoms with E-state index < -0.39 is 0 Å². The van der Waals surface area contributed by atoms with Crippen LogP contribution in [0.15, 0.2) is 79.1 Å². The zero-order valence-corrected chi connectivity index (χ0v) is 15.1. The molecule has 2 aromatic rings. The highest BCUT2D eigenvalue weighted by Gasteiger charge is 1.86. The standard InChI is InChI=1S/C12H16O.C11H9NO/c1-2-3-10-13-11-9-12-7-5-4-6-8-12;12-9-3-1-2-4-10-5-7-11(13)8-6-10/h4-9,11H,2-3,10H2,1H3;1-8,13H. The summed E-state index contributed by atoms with van der Waals surface area (Å²) in [6.07, 6.45) is 12.7. The minimum absolute atomic E-state index is 0.254. The number of allylic oxidation sites excluding steroid dienone is 3. The second kappa shape index (κ2) is 14.1. The van der Waals surface area contributed by atoms with Gasteiger partial charge in [-0.1, -0.05) is 74.0 Å². The first-order chi connectivity index (χ1) is 12.8. The Balaban J connectivity index is 0.000000260. The number of phenolic OH excluding ortho intramolecular Hbond substituents is 1. The lowest BCUT2D eigenvalue weighted by Crippen LogP contribution is -1.84. The number of benzene rings is 2. The number of hydrogen-bond donors (Lipinski definition) is 1. The monoisotopic (exact) mass is 347 g/mol. The fourth-order valence-electron chi connectivity index (χ4n) is 1.84. The van der Waals surface area contributed by atoms with Crippen molar-refractivity contribution >= 4 is 12.2 Å². The SMILES string of the molecule is CCCCOC=Cc1ccccc1.N#CC=CC=Cc1ccc(O)cc1. The van der Waals surface area contributed by atoms with Gasteiger partial charge >= 0.3 is 0 Å². The van der Waals surface area contributed by atoms with Crippen LogP contribution in [-0.4, -0.2) is 11.7 Å². The van der Waals surface area contributed by atoms with Gasteiger partial charge in [-0.15, -0.1) is 0 Å². The molecular formula is C23H25NO2. The summed E-state index contributed by atoms with van der Waals surface area (Å²) in [5.74, 6) is 0.254. The lowest BCUT2D eigenvalue weighted by molar-refractivity contribution is 0.246. The molecule has 3 nitrogen and oxygen atoms in total. The molecule has 0 saturated heterocycles. The second-order valence-electron chi connectivity index (χ2n) is 5.38. The largest absolute Gasteiger partial charge is 0.508 e. The molecule has 0 aromatic heterocycles. The summed E-state index contributed by atoms with van der Waals surface area (Å²) >= 11 is 0. The second-order valence-corrected chi connectivity index (χ2v) is 5.38. The molecule has 0 aliphatic carbocycles. The van der Waals surface area contributed by atoms with Crippen LogP contribution >= 0.6 is 0 Å². The van der Waals surface area contributed by atoms with Gasteiger partial charge in [0.1, 0.15) is 5.75 Å². The van der Waals surface area contributed by atoms with Gasteiger partial charge in [0, 0.05) is 6.08 Å². The van der Waals surface area contributed by atoms with Gasteiger partial charge < -0.3 is 9.84 Å². The fraction of sp³-hybridized carbons (Fsp3) is 0.174. The Morgan fingerprint density at radius 2 is 1.65 bits per heavy atom. The number of ether oxygens (including phenoxy) is 1. The number of hydrogen-bond acceptors (Lipinski definition) is 3. The lowest BCUT2D eigenvalue weighted by atomic mass is 10.2. The number of aromatic hydroxyl groups is 1. The fourth-order valence-corrected chi connectivity index (χ4v) is 1.84. The summed E-state index contributed by atoms with van der Waals surface area (Å²) in [6, 6.07) is 18.9. The molecule has 0 aliphatic rings. The Kier molecular flexibility index (Phi) is 11.3. The van der Waals surface area contributed by atoms with Gasteiger partial charge in [0.25, 0.3) is 0 Å². The van der Waals surface area contributed by atoms with Crippen molar-refractivity contribution in [2.24, 2.45) is 0 Å². The van der Waals surface area contributed by atoms with Gasteiger partial charge in [-0.05, 0) is 35.8 Å². The summed E-state index contributed by atoms with van der Waals surface area (Å²) in [5.41, 5.74) is 2.17. The van der Waals surface area contributed by atoms with E-state index in [2.05, 4.69) is 19.1 Å². The summed E-state index contributed by atoms with van der Waals surface area (Å²) in [7, 11) is 0. The molecule has 26 heavy (non-hydrogen) atoms. The van der Waals surface area contributed by atoms with Crippen molar-refractivity contribution < 1.29 is 9.84 Å². The highest BCUT2D eigenvalue weighted by Crippen LogP contribution is 2.10. The van der Waals surface area contributed by atoms with Gasteiger partial charge in [-0.25, -0.2) is 0 Å². The third kappa shape index (κ3) is 10.5. The van der Waals surface area contributed by atoms with Crippen LogP contribution in [0.5, 0.6) is 5.75 Å². The molecule has 0 fully saturated rings. The van der Waals surface area contributed by atoms with Crippen molar-refractivity contribution in [3.8, 4) is 11.8 Å². The van der Waals surface area contributed by atoms with Crippen molar-refractivity contribution in [3.63, 3.8) is 0 Å². The van der Waals surface area contributed by atoms with E-state index in [1.165, 1.54) is 18.1 Å². The van der Waals surface area contributed by atoms with Crippen LogP contribution in [0.4, 0.5) is 0 Å². The molecule has 0 spiro atoms. The number of unbranched alkanes of at least 4 members (excludes halogenated alkanes) is 1. The van der Waals surface area contributed by atoms with E-state index in [4.69, 9.17) is 15.1 Å². The summed E-state index contributed by atoms with van der Waals surface area (Å²) in [5, 5.41) is 17.2. The van der Waals surface area contributed by atoms with Crippen molar-refractivity contribution in [3.05, 3.63) is 90.2 Å². The van der Waals surface area contributed by atoms with Crippen LogP contribution in [0.3, 0.4) is 0 Å².